The third-order valence-electron chi connectivity index (χ3n) is 6.00. The number of amides is 2. The number of aryl methyl sites for hydroxylation is 1. The summed E-state index contributed by atoms with van der Waals surface area (Å²) in [4.78, 5) is 28.2. The lowest BCUT2D eigenvalue weighted by Gasteiger charge is -2.32. The minimum absolute atomic E-state index is 0.0409. The van der Waals surface area contributed by atoms with Crippen LogP contribution in [0.25, 0.3) is 0 Å². The maximum atomic E-state index is 13.5. The van der Waals surface area contributed by atoms with E-state index in [0.717, 1.165) is 21.7 Å². The molecule has 0 aliphatic heterocycles. The molecule has 2 rings (SSSR count). The van der Waals surface area contributed by atoms with Gasteiger partial charge in [-0.25, -0.2) is 8.42 Å². The van der Waals surface area contributed by atoms with Gasteiger partial charge in [-0.15, -0.1) is 0 Å². The standard InChI is InChI=1S/C27H37Cl2N3O4S/c1-6-24(27(34)30-17-19(2)3)31(18-21-11-8-7-10-20(21)4)26(33)12-9-15-32(37(5,35)36)25-16-22(28)13-14-23(25)29/h7-8,10-11,13-14,16,19,24H,6,9,12,15,17-18H2,1-5H3,(H,30,34)/t24-/m1/s1. The van der Waals surface area contributed by atoms with Crippen LogP contribution in [0.3, 0.4) is 0 Å². The second kappa shape index (κ2) is 14.0. The van der Waals surface area contributed by atoms with Gasteiger partial charge in [0.05, 0.1) is 17.0 Å². The predicted molar refractivity (Wildman–Crippen MR) is 152 cm³/mol. The fourth-order valence-corrected chi connectivity index (χ4v) is 5.38. The first-order valence-corrected chi connectivity index (χ1v) is 15.0. The molecule has 0 spiro atoms. The molecule has 0 radical (unpaired) electrons. The Bertz CT molecular complexity index is 1190. The summed E-state index contributed by atoms with van der Waals surface area (Å²) < 4.78 is 26.2. The summed E-state index contributed by atoms with van der Waals surface area (Å²) in [5.74, 6) is -0.135. The third kappa shape index (κ3) is 9.20. The predicted octanol–water partition coefficient (Wildman–Crippen LogP) is 5.43. The fraction of sp³-hybridized carbons (Fsp3) is 0.481. The van der Waals surface area contributed by atoms with E-state index in [4.69, 9.17) is 23.2 Å². The Balaban J connectivity index is 2.25. The molecule has 0 fully saturated rings. The Morgan fingerprint density at radius 3 is 2.35 bits per heavy atom. The number of halogens is 2. The number of carbonyl (C=O) groups excluding carboxylic acids is 2. The molecular weight excluding hydrogens is 533 g/mol. The van der Waals surface area contributed by atoms with Crippen LogP contribution in [0.2, 0.25) is 10.0 Å². The number of benzene rings is 2. The molecule has 7 nitrogen and oxygen atoms in total. The zero-order valence-electron chi connectivity index (χ0n) is 22.1. The quantitative estimate of drug-likeness (QED) is 0.348. The number of hydrogen-bond donors (Lipinski definition) is 1. The highest BCUT2D eigenvalue weighted by Crippen LogP contribution is 2.31. The first-order valence-electron chi connectivity index (χ1n) is 12.4. The summed E-state index contributed by atoms with van der Waals surface area (Å²) in [7, 11) is -3.68. The molecule has 1 N–H and O–H groups in total. The fourth-order valence-electron chi connectivity index (χ4n) is 3.97. The molecule has 0 saturated carbocycles. The van der Waals surface area contributed by atoms with Crippen LogP contribution < -0.4 is 9.62 Å². The van der Waals surface area contributed by atoms with E-state index in [1.807, 2.05) is 52.0 Å². The zero-order chi connectivity index (χ0) is 27.8. The summed E-state index contributed by atoms with van der Waals surface area (Å²) >= 11 is 12.3. The molecule has 0 unspecified atom stereocenters. The first-order chi connectivity index (χ1) is 17.3. The maximum Gasteiger partial charge on any atom is 0.242 e. The van der Waals surface area contributed by atoms with E-state index >= 15 is 0 Å². The summed E-state index contributed by atoms with van der Waals surface area (Å²) in [6.07, 6.45) is 1.84. The van der Waals surface area contributed by atoms with Gasteiger partial charge in [0, 0.05) is 31.1 Å². The number of hydrogen-bond acceptors (Lipinski definition) is 4. The molecule has 0 heterocycles. The van der Waals surface area contributed by atoms with Gasteiger partial charge < -0.3 is 10.2 Å². The highest BCUT2D eigenvalue weighted by molar-refractivity contribution is 7.92. The number of anilines is 1. The number of rotatable bonds is 13. The van der Waals surface area contributed by atoms with Gasteiger partial charge in [-0.05, 0) is 55.0 Å². The molecule has 2 aromatic rings. The van der Waals surface area contributed by atoms with Crippen molar-refractivity contribution in [1.82, 2.24) is 10.2 Å². The van der Waals surface area contributed by atoms with Crippen LogP contribution in [0, 0.1) is 12.8 Å². The van der Waals surface area contributed by atoms with E-state index < -0.39 is 16.1 Å². The molecule has 37 heavy (non-hydrogen) atoms. The molecule has 0 aliphatic carbocycles. The van der Waals surface area contributed by atoms with Crippen molar-refractivity contribution < 1.29 is 18.0 Å². The Kier molecular flexibility index (Phi) is 11.7. The van der Waals surface area contributed by atoms with Crippen molar-refractivity contribution in [3.8, 4) is 0 Å². The summed E-state index contributed by atoms with van der Waals surface area (Å²) in [6, 6.07) is 11.7. The minimum atomic E-state index is -3.68. The Labute approximate surface area is 231 Å². The molecular formula is C27H37Cl2N3O4S. The van der Waals surface area contributed by atoms with Crippen LogP contribution in [-0.4, -0.2) is 50.5 Å². The second-order valence-corrected chi connectivity index (χ2v) is 12.3. The summed E-state index contributed by atoms with van der Waals surface area (Å²) in [6.45, 7) is 8.72. The summed E-state index contributed by atoms with van der Waals surface area (Å²) in [5.41, 5.74) is 2.24. The summed E-state index contributed by atoms with van der Waals surface area (Å²) in [5, 5.41) is 3.55. The monoisotopic (exact) mass is 569 g/mol. The maximum absolute atomic E-state index is 13.5. The normalized spacial score (nSPS) is 12.3. The lowest BCUT2D eigenvalue weighted by atomic mass is 10.0. The second-order valence-electron chi connectivity index (χ2n) is 9.55. The van der Waals surface area contributed by atoms with E-state index in [2.05, 4.69) is 5.32 Å². The van der Waals surface area contributed by atoms with Crippen molar-refractivity contribution in [2.24, 2.45) is 5.92 Å². The van der Waals surface area contributed by atoms with Gasteiger partial charge in [0.1, 0.15) is 6.04 Å². The number of nitrogens with one attached hydrogen (secondary N) is 1. The number of carbonyl (C=O) groups is 2. The smallest absolute Gasteiger partial charge is 0.242 e. The third-order valence-corrected chi connectivity index (χ3v) is 7.74. The van der Waals surface area contributed by atoms with Crippen molar-refractivity contribution in [1.29, 1.82) is 0 Å². The van der Waals surface area contributed by atoms with Crippen LogP contribution in [0.1, 0.15) is 51.2 Å². The number of nitrogens with zero attached hydrogens (tertiary/aromatic N) is 2. The zero-order valence-corrected chi connectivity index (χ0v) is 24.5. The van der Waals surface area contributed by atoms with Crippen molar-refractivity contribution in [3.05, 3.63) is 63.6 Å². The average Bonchev–Trinajstić information content (AvgIpc) is 2.82. The van der Waals surface area contributed by atoms with E-state index in [9.17, 15) is 18.0 Å². The SMILES string of the molecule is CC[C@H](C(=O)NCC(C)C)N(Cc1ccccc1C)C(=O)CCCN(c1cc(Cl)ccc1Cl)S(C)(=O)=O. The lowest BCUT2D eigenvalue weighted by molar-refractivity contribution is -0.141. The van der Waals surface area contributed by atoms with Gasteiger partial charge in [-0.1, -0.05) is 68.2 Å². The van der Waals surface area contributed by atoms with Gasteiger partial charge in [-0.2, -0.15) is 0 Å². The minimum Gasteiger partial charge on any atom is -0.354 e. The molecule has 1 atom stereocenters. The van der Waals surface area contributed by atoms with Gasteiger partial charge >= 0.3 is 0 Å². The van der Waals surface area contributed by atoms with Crippen LogP contribution in [0.4, 0.5) is 5.69 Å². The van der Waals surface area contributed by atoms with Gasteiger partial charge in [-0.3, -0.25) is 13.9 Å². The van der Waals surface area contributed by atoms with Crippen molar-refractivity contribution >= 4 is 50.7 Å². The van der Waals surface area contributed by atoms with Gasteiger partial charge in [0.2, 0.25) is 21.8 Å². The molecule has 2 aromatic carbocycles. The van der Waals surface area contributed by atoms with Gasteiger partial charge in [0.15, 0.2) is 0 Å². The van der Waals surface area contributed by atoms with Crippen molar-refractivity contribution in [2.45, 2.75) is 59.5 Å². The molecule has 0 aliphatic rings. The van der Waals surface area contributed by atoms with E-state index in [0.29, 0.717) is 18.0 Å². The van der Waals surface area contributed by atoms with Crippen LogP contribution in [-0.2, 0) is 26.2 Å². The largest absolute Gasteiger partial charge is 0.354 e. The van der Waals surface area contributed by atoms with Gasteiger partial charge in [0.25, 0.3) is 0 Å². The molecule has 0 aromatic heterocycles. The molecule has 10 heteroatoms. The first kappa shape index (κ1) is 30.9. The highest BCUT2D eigenvalue weighted by atomic mass is 35.5. The topological polar surface area (TPSA) is 86.8 Å². The van der Waals surface area contributed by atoms with Crippen LogP contribution in [0.15, 0.2) is 42.5 Å². The average molecular weight is 571 g/mol. The van der Waals surface area contributed by atoms with E-state index in [-0.39, 0.29) is 54.4 Å². The molecule has 0 saturated heterocycles. The number of sulfonamides is 1. The Morgan fingerprint density at radius 1 is 1.08 bits per heavy atom. The van der Waals surface area contributed by atoms with Crippen LogP contribution in [0.5, 0.6) is 0 Å². The van der Waals surface area contributed by atoms with E-state index in [1.54, 1.807) is 11.0 Å². The lowest BCUT2D eigenvalue weighted by Crippen LogP contribution is -2.49. The Hall–Kier alpha value is -2.29. The molecule has 2 amide bonds. The van der Waals surface area contributed by atoms with Crippen molar-refractivity contribution in [2.75, 3.05) is 23.7 Å². The highest BCUT2D eigenvalue weighted by Gasteiger charge is 2.29. The Morgan fingerprint density at radius 2 is 1.76 bits per heavy atom. The van der Waals surface area contributed by atoms with Crippen LogP contribution >= 0.6 is 23.2 Å². The molecule has 204 valence electrons. The van der Waals surface area contributed by atoms with Crippen molar-refractivity contribution in [3.63, 3.8) is 0 Å². The molecule has 0 bridgehead atoms. The van der Waals surface area contributed by atoms with E-state index in [1.165, 1.54) is 12.1 Å².